The Morgan fingerprint density at radius 1 is 1.07 bits per heavy atom. The second kappa shape index (κ2) is 6.10. The number of aliphatic hydroxyl groups is 4. The van der Waals surface area contributed by atoms with Crippen LogP contribution in [-0.4, -0.2) is 56.5 Å². The average Bonchev–Trinajstić information content (AvgIpc) is 2.11. The highest BCUT2D eigenvalue weighted by atomic mass is 16.4. The van der Waals surface area contributed by atoms with E-state index in [-0.39, 0.29) is 6.54 Å². The van der Waals surface area contributed by atoms with Crippen molar-refractivity contribution < 1.29 is 20.4 Å². The predicted octanol–water partition coefficient (Wildman–Crippen LogP) is -1.13. The molecule has 0 amide bonds. The fraction of sp³-hybridized carbons (Fsp3) is 0.778. The van der Waals surface area contributed by atoms with Crippen molar-refractivity contribution in [3.05, 3.63) is 12.7 Å². The number of aliphatic hydroxyl groups excluding tert-OH is 4. The summed E-state index contributed by atoms with van der Waals surface area (Å²) < 4.78 is 0. The second-order valence-electron chi connectivity index (χ2n) is 3.29. The number of hydrogen-bond donors (Lipinski definition) is 4. The number of rotatable bonds is 6. The first kappa shape index (κ1) is 13.5. The summed E-state index contributed by atoms with van der Waals surface area (Å²) in [5.74, 6) is 0. The third kappa shape index (κ3) is 3.73. The lowest BCUT2D eigenvalue weighted by Crippen LogP contribution is -2.52. The average molecular weight is 205 g/mol. The molecule has 0 saturated carbocycles. The van der Waals surface area contributed by atoms with Gasteiger partial charge in [-0.25, -0.2) is 4.90 Å². The minimum absolute atomic E-state index is 0.179. The van der Waals surface area contributed by atoms with E-state index in [1.807, 2.05) is 0 Å². The highest BCUT2D eigenvalue weighted by Gasteiger charge is 2.28. The Morgan fingerprint density at radius 2 is 1.43 bits per heavy atom. The van der Waals surface area contributed by atoms with Crippen LogP contribution >= 0.6 is 0 Å². The summed E-state index contributed by atoms with van der Waals surface area (Å²) in [6.45, 7) is 6.43. The van der Waals surface area contributed by atoms with Gasteiger partial charge < -0.3 is 20.4 Å². The van der Waals surface area contributed by atoms with Gasteiger partial charge in [0.2, 0.25) is 0 Å². The standard InChI is InChI=1S/C9H19NO4/c1-4-5-10(8(13)6(2)11)9(14)7(3)12/h4,6-9,11-14H,1,5H2,2-3H3. The van der Waals surface area contributed by atoms with Crippen molar-refractivity contribution >= 4 is 0 Å². The lowest BCUT2D eigenvalue weighted by Gasteiger charge is -2.34. The lowest BCUT2D eigenvalue weighted by molar-refractivity contribution is -0.166. The van der Waals surface area contributed by atoms with E-state index >= 15 is 0 Å². The molecule has 5 nitrogen and oxygen atoms in total. The van der Waals surface area contributed by atoms with Crippen molar-refractivity contribution in [1.29, 1.82) is 0 Å². The molecule has 0 aliphatic carbocycles. The second-order valence-corrected chi connectivity index (χ2v) is 3.29. The van der Waals surface area contributed by atoms with E-state index in [1.54, 1.807) is 0 Å². The van der Waals surface area contributed by atoms with Crippen molar-refractivity contribution in [2.75, 3.05) is 6.54 Å². The highest BCUT2D eigenvalue weighted by molar-refractivity contribution is 4.80. The van der Waals surface area contributed by atoms with E-state index < -0.39 is 24.7 Å². The van der Waals surface area contributed by atoms with Crippen molar-refractivity contribution in [1.82, 2.24) is 4.90 Å². The Bertz CT molecular complexity index is 158. The number of nitrogens with zero attached hydrogens (tertiary/aromatic N) is 1. The predicted molar refractivity (Wildman–Crippen MR) is 52.3 cm³/mol. The van der Waals surface area contributed by atoms with Gasteiger partial charge in [0.05, 0.1) is 12.2 Å². The van der Waals surface area contributed by atoms with E-state index in [0.29, 0.717) is 0 Å². The van der Waals surface area contributed by atoms with Crippen LogP contribution < -0.4 is 0 Å². The van der Waals surface area contributed by atoms with E-state index in [4.69, 9.17) is 10.2 Å². The molecular formula is C9H19NO4. The van der Waals surface area contributed by atoms with Crippen LogP contribution in [0.3, 0.4) is 0 Å². The van der Waals surface area contributed by atoms with Crippen LogP contribution in [0.1, 0.15) is 13.8 Å². The smallest absolute Gasteiger partial charge is 0.135 e. The molecule has 0 aromatic heterocycles. The molecule has 4 unspecified atom stereocenters. The minimum atomic E-state index is -1.22. The summed E-state index contributed by atoms with van der Waals surface area (Å²) in [6.07, 6.45) is -3.00. The van der Waals surface area contributed by atoms with E-state index in [9.17, 15) is 10.2 Å². The molecule has 4 N–H and O–H groups in total. The first-order chi connectivity index (χ1) is 6.41. The van der Waals surface area contributed by atoms with Gasteiger partial charge in [0.15, 0.2) is 0 Å². The third-order valence-corrected chi connectivity index (χ3v) is 1.88. The summed E-state index contributed by atoms with van der Waals surface area (Å²) in [7, 11) is 0. The zero-order valence-electron chi connectivity index (χ0n) is 8.54. The van der Waals surface area contributed by atoms with E-state index in [2.05, 4.69) is 6.58 Å². The lowest BCUT2D eigenvalue weighted by atomic mass is 10.2. The zero-order chi connectivity index (χ0) is 11.3. The Hall–Kier alpha value is -0.460. The third-order valence-electron chi connectivity index (χ3n) is 1.88. The quantitative estimate of drug-likeness (QED) is 0.326. The van der Waals surface area contributed by atoms with Crippen LogP contribution in [0.5, 0.6) is 0 Å². The highest BCUT2D eigenvalue weighted by Crippen LogP contribution is 2.08. The molecule has 0 rings (SSSR count). The molecule has 0 aromatic rings. The fourth-order valence-electron chi connectivity index (χ4n) is 1.08. The largest absolute Gasteiger partial charge is 0.389 e. The normalized spacial score (nSPS) is 20.2. The van der Waals surface area contributed by atoms with Gasteiger partial charge in [0.25, 0.3) is 0 Å². The first-order valence-electron chi connectivity index (χ1n) is 4.50. The van der Waals surface area contributed by atoms with E-state index in [1.165, 1.54) is 19.9 Å². The van der Waals surface area contributed by atoms with Gasteiger partial charge in [-0.3, -0.25) is 0 Å². The molecule has 0 bridgehead atoms. The molecule has 0 spiro atoms. The van der Waals surface area contributed by atoms with Gasteiger partial charge in [-0.05, 0) is 13.8 Å². The van der Waals surface area contributed by atoms with Gasteiger partial charge in [-0.15, -0.1) is 6.58 Å². The first-order valence-corrected chi connectivity index (χ1v) is 4.50. The maximum absolute atomic E-state index is 9.49. The van der Waals surface area contributed by atoms with Crippen molar-refractivity contribution in [2.45, 2.75) is 38.5 Å². The number of hydrogen-bond acceptors (Lipinski definition) is 5. The van der Waals surface area contributed by atoms with Gasteiger partial charge in [-0.2, -0.15) is 0 Å². The minimum Gasteiger partial charge on any atom is -0.389 e. The maximum Gasteiger partial charge on any atom is 0.135 e. The molecule has 5 heteroatoms. The molecule has 0 heterocycles. The van der Waals surface area contributed by atoms with Crippen molar-refractivity contribution in [3.63, 3.8) is 0 Å². The van der Waals surface area contributed by atoms with Gasteiger partial charge in [0, 0.05) is 6.54 Å². The van der Waals surface area contributed by atoms with Crippen LogP contribution in [0.25, 0.3) is 0 Å². The Kier molecular flexibility index (Phi) is 5.90. The molecule has 0 aromatic carbocycles. The molecule has 0 aliphatic rings. The summed E-state index contributed by atoms with van der Waals surface area (Å²) in [5, 5.41) is 37.2. The molecule has 4 atom stereocenters. The molecule has 0 radical (unpaired) electrons. The van der Waals surface area contributed by atoms with Gasteiger partial charge in [-0.1, -0.05) is 6.08 Å². The molecular weight excluding hydrogens is 186 g/mol. The molecule has 0 saturated heterocycles. The van der Waals surface area contributed by atoms with Crippen LogP contribution in [0.4, 0.5) is 0 Å². The zero-order valence-corrected chi connectivity index (χ0v) is 8.54. The Morgan fingerprint density at radius 3 is 1.64 bits per heavy atom. The van der Waals surface area contributed by atoms with Crippen LogP contribution in [0.2, 0.25) is 0 Å². The van der Waals surface area contributed by atoms with Crippen molar-refractivity contribution in [3.8, 4) is 0 Å². The van der Waals surface area contributed by atoms with Crippen LogP contribution in [0, 0.1) is 0 Å². The topological polar surface area (TPSA) is 84.2 Å². The summed E-state index contributed by atoms with van der Waals surface area (Å²) >= 11 is 0. The molecule has 0 fully saturated rings. The molecule has 0 aliphatic heterocycles. The summed E-state index contributed by atoms with van der Waals surface area (Å²) in [4.78, 5) is 1.16. The van der Waals surface area contributed by atoms with Crippen molar-refractivity contribution in [2.24, 2.45) is 0 Å². The summed E-state index contributed by atoms with van der Waals surface area (Å²) in [5.41, 5.74) is 0. The maximum atomic E-state index is 9.49. The fourth-order valence-corrected chi connectivity index (χ4v) is 1.08. The van der Waals surface area contributed by atoms with Gasteiger partial charge in [0.1, 0.15) is 12.5 Å². The monoisotopic (exact) mass is 205 g/mol. The summed E-state index contributed by atoms with van der Waals surface area (Å²) in [6, 6.07) is 0. The van der Waals surface area contributed by atoms with Crippen LogP contribution in [-0.2, 0) is 0 Å². The molecule has 14 heavy (non-hydrogen) atoms. The SMILES string of the molecule is C=CCN(C(O)C(C)O)C(O)C(C)O. The van der Waals surface area contributed by atoms with Gasteiger partial charge >= 0.3 is 0 Å². The molecule has 84 valence electrons. The Labute approximate surface area is 83.9 Å². The Balaban J connectivity index is 4.48. The van der Waals surface area contributed by atoms with E-state index in [0.717, 1.165) is 4.90 Å². The van der Waals surface area contributed by atoms with Crippen LogP contribution in [0.15, 0.2) is 12.7 Å².